The summed E-state index contributed by atoms with van der Waals surface area (Å²) in [6.45, 7) is 7.28. The van der Waals surface area contributed by atoms with Crippen LogP contribution in [0.1, 0.15) is 24.1 Å². The first-order valence-electron chi connectivity index (χ1n) is 11.3. The van der Waals surface area contributed by atoms with Crippen molar-refractivity contribution >= 4 is 16.9 Å². The SMILES string of the molecule is C[C@@H](c1ccccc1)N1CCN2CCN(Cc3cccc4cccnc34)CC2N1C(N)=O. The number of pyridine rings is 1. The highest BCUT2D eigenvalue weighted by molar-refractivity contribution is 5.81. The van der Waals surface area contributed by atoms with Crippen LogP contribution in [0.25, 0.3) is 10.9 Å². The number of benzene rings is 2. The Morgan fingerprint density at radius 2 is 1.81 bits per heavy atom. The average Bonchev–Trinajstić information content (AvgIpc) is 2.83. The van der Waals surface area contributed by atoms with E-state index in [1.165, 1.54) is 11.1 Å². The van der Waals surface area contributed by atoms with Crippen molar-refractivity contribution in [3.8, 4) is 0 Å². The third-order valence-electron chi connectivity index (χ3n) is 6.79. The van der Waals surface area contributed by atoms with Crippen molar-refractivity contribution < 1.29 is 4.79 Å². The van der Waals surface area contributed by atoms with Crippen LogP contribution in [0.4, 0.5) is 4.79 Å². The van der Waals surface area contributed by atoms with Gasteiger partial charge < -0.3 is 5.73 Å². The Hall–Kier alpha value is -3.00. The lowest BCUT2D eigenvalue weighted by atomic mass is 10.1. The molecule has 1 aromatic heterocycles. The summed E-state index contributed by atoms with van der Waals surface area (Å²) in [6.07, 6.45) is 1.78. The third-order valence-corrected chi connectivity index (χ3v) is 6.79. The average molecular weight is 431 g/mol. The second kappa shape index (κ2) is 8.86. The van der Waals surface area contributed by atoms with Crippen molar-refractivity contribution in [2.75, 3.05) is 32.7 Å². The van der Waals surface area contributed by atoms with E-state index >= 15 is 0 Å². The number of primary amides is 1. The van der Waals surface area contributed by atoms with Gasteiger partial charge in [-0.15, -0.1) is 0 Å². The standard InChI is InChI=1S/C25H30N6O/c1-19(20-7-3-2-4-8-20)30-16-15-29-14-13-28(18-23(29)31(30)25(26)32)17-22-10-5-9-21-11-6-12-27-24(21)22/h2-12,19,23H,13-18H2,1H3,(H2,26,32)/t19-,23?/m0/s1. The van der Waals surface area contributed by atoms with E-state index in [0.29, 0.717) is 0 Å². The fourth-order valence-electron chi connectivity index (χ4n) is 5.10. The quantitative estimate of drug-likeness (QED) is 0.689. The molecule has 0 spiro atoms. The van der Waals surface area contributed by atoms with E-state index in [0.717, 1.165) is 50.2 Å². The zero-order valence-corrected chi connectivity index (χ0v) is 18.5. The molecule has 2 aliphatic rings. The van der Waals surface area contributed by atoms with Gasteiger partial charge in [-0.3, -0.25) is 14.8 Å². The molecule has 2 aliphatic heterocycles. The maximum absolute atomic E-state index is 12.6. The Bertz CT molecular complexity index is 1080. The van der Waals surface area contributed by atoms with Crippen LogP contribution in [0.5, 0.6) is 0 Å². The molecule has 0 saturated carbocycles. The number of aromatic nitrogens is 1. The van der Waals surface area contributed by atoms with Gasteiger partial charge in [0.05, 0.1) is 11.6 Å². The van der Waals surface area contributed by atoms with Crippen LogP contribution in [-0.2, 0) is 6.54 Å². The first-order chi connectivity index (χ1) is 15.6. The zero-order chi connectivity index (χ0) is 22.1. The van der Waals surface area contributed by atoms with Crippen molar-refractivity contribution in [2.45, 2.75) is 25.7 Å². The Balaban J connectivity index is 1.37. The molecular formula is C25H30N6O. The van der Waals surface area contributed by atoms with Crippen LogP contribution in [-0.4, -0.2) is 69.7 Å². The lowest BCUT2D eigenvalue weighted by Crippen LogP contribution is -2.71. The van der Waals surface area contributed by atoms with Crippen LogP contribution in [0.3, 0.4) is 0 Å². The molecule has 1 unspecified atom stereocenters. The first kappa shape index (κ1) is 20.9. The fraction of sp³-hybridized carbons (Fsp3) is 0.360. The van der Waals surface area contributed by atoms with Gasteiger partial charge in [-0.25, -0.2) is 14.8 Å². The molecular weight excluding hydrogens is 400 g/mol. The van der Waals surface area contributed by atoms with Crippen molar-refractivity contribution in [3.63, 3.8) is 0 Å². The molecule has 7 heteroatoms. The zero-order valence-electron chi connectivity index (χ0n) is 18.5. The molecule has 2 N–H and O–H groups in total. The fourth-order valence-corrected chi connectivity index (χ4v) is 5.10. The molecule has 0 bridgehead atoms. The van der Waals surface area contributed by atoms with Crippen molar-refractivity contribution in [1.82, 2.24) is 24.8 Å². The van der Waals surface area contributed by atoms with Gasteiger partial charge in [-0.05, 0) is 24.1 Å². The molecule has 2 amide bonds. The van der Waals surface area contributed by atoms with Gasteiger partial charge in [0.25, 0.3) is 0 Å². The van der Waals surface area contributed by atoms with E-state index in [1.54, 1.807) is 5.01 Å². The topological polar surface area (TPSA) is 68.9 Å². The summed E-state index contributed by atoms with van der Waals surface area (Å²) < 4.78 is 0. The minimum atomic E-state index is -0.392. The Kier molecular flexibility index (Phi) is 5.78. The molecule has 3 heterocycles. The summed E-state index contributed by atoms with van der Waals surface area (Å²) >= 11 is 0. The Morgan fingerprint density at radius 3 is 2.62 bits per heavy atom. The maximum Gasteiger partial charge on any atom is 0.330 e. The number of nitrogens with two attached hydrogens (primary N) is 1. The summed E-state index contributed by atoms with van der Waals surface area (Å²) in [5.41, 5.74) is 9.39. The number of hydrazine groups is 1. The second-order valence-electron chi connectivity index (χ2n) is 8.68. The van der Waals surface area contributed by atoms with E-state index in [-0.39, 0.29) is 12.2 Å². The largest absolute Gasteiger partial charge is 0.350 e. The van der Waals surface area contributed by atoms with E-state index < -0.39 is 6.03 Å². The van der Waals surface area contributed by atoms with Crippen LogP contribution in [0, 0.1) is 0 Å². The van der Waals surface area contributed by atoms with Crippen LogP contribution < -0.4 is 5.73 Å². The number of fused-ring (bicyclic) bond motifs is 2. The highest BCUT2D eigenvalue weighted by atomic mass is 16.2. The van der Waals surface area contributed by atoms with Crippen LogP contribution in [0.15, 0.2) is 66.9 Å². The number of nitrogens with zero attached hydrogens (tertiary/aromatic N) is 5. The van der Waals surface area contributed by atoms with E-state index in [9.17, 15) is 4.79 Å². The number of rotatable bonds is 4. The smallest absolute Gasteiger partial charge is 0.330 e. The number of carbonyl (C=O) groups excluding carboxylic acids is 1. The summed E-state index contributed by atoms with van der Waals surface area (Å²) in [7, 11) is 0. The Morgan fingerprint density at radius 1 is 1.03 bits per heavy atom. The molecule has 2 saturated heterocycles. The Labute approximate surface area is 189 Å². The lowest BCUT2D eigenvalue weighted by Gasteiger charge is -2.54. The molecule has 2 aromatic carbocycles. The molecule has 32 heavy (non-hydrogen) atoms. The minimum Gasteiger partial charge on any atom is -0.350 e. The number of hydrogen-bond acceptors (Lipinski definition) is 5. The third kappa shape index (κ3) is 3.95. The molecule has 0 aliphatic carbocycles. The van der Waals surface area contributed by atoms with Crippen LogP contribution in [0.2, 0.25) is 0 Å². The van der Waals surface area contributed by atoms with Gasteiger partial charge in [-0.1, -0.05) is 54.6 Å². The molecule has 2 atom stereocenters. The van der Waals surface area contributed by atoms with E-state index in [1.807, 2.05) is 30.5 Å². The highest BCUT2D eigenvalue weighted by Gasteiger charge is 2.41. The van der Waals surface area contributed by atoms with Gasteiger partial charge in [0.2, 0.25) is 0 Å². The lowest BCUT2D eigenvalue weighted by molar-refractivity contribution is -0.158. The first-order valence-corrected chi connectivity index (χ1v) is 11.3. The number of para-hydroxylation sites is 1. The van der Waals surface area contributed by atoms with Gasteiger partial charge in [-0.2, -0.15) is 0 Å². The molecule has 5 rings (SSSR count). The minimum absolute atomic E-state index is 0.0657. The number of amides is 2. The number of urea groups is 1. The summed E-state index contributed by atoms with van der Waals surface area (Å²) in [5, 5.41) is 5.08. The summed E-state index contributed by atoms with van der Waals surface area (Å²) in [6, 6.07) is 20.4. The normalized spacial score (nSPS) is 21.4. The van der Waals surface area contributed by atoms with Gasteiger partial charge in [0, 0.05) is 50.9 Å². The second-order valence-corrected chi connectivity index (χ2v) is 8.68. The van der Waals surface area contributed by atoms with E-state index in [4.69, 9.17) is 5.73 Å². The number of piperazine rings is 1. The van der Waals surface area contributed by atoms with Crippen molar-refractivity contribution in [2.24, 2.45) is 5.73 Å². The molecule has 7 nitrogen and oxygen atoms in total. The number of carbonyl (C=O) groups is 1. The summed E-state index contributed by atoms with van der Waals surface area (Å²) in [5.74, 6) is 0. The maximum atomic E-state index is 12.6. The highest BCUT2D eigenvalue weighted by Crippen LogP contribution is 2.29. The van der Waals surface area contributed by atoms with Gasteiger partial charge in [0.1, 0.15) is 6.17 Å². The van der Waals surface area contributed by atoms with Gasteiger partial charge >= 0.3 is 6.03 Å². The summed E-state index contributed by atoms with van der Waals surface area (Å²) in [4.78, 5) is 22.1. The molecule has 166 valence electrons. The van der Waals surface area contributed by atoms with Crippen molar-refractivity contribution in [1.29, 1.82) is 0 Å². The number of hydrogen-bond donors (Lipinski definition) is 1. The van der Waals surface area contributed by atoms with Gasteiger partial charge in [0.15, 0.2) is 0 Å². The molecule has 2 fully saturated rings. The van der Waals surface area contributed by atoms with Crippen molar-refractivity contribution in [3.05, 3.63) is 78.0 Å². The van der Waals surface area contributed by atoms with E-state index in [2.05, 4.69) is 63.1 Å². The monoisotopic (exact) mass is 430 g/mol. The molecule has 3 aromatic rings. The molecule has 0 radical (unpaired) electrons. The predicted molar refractivity (Wildman–Crippen MR) is 125 cm³/mol. The predicted octanol–water partition coefficient (Wildman–Crippen LogP) is 3.05. The van der Waals surface area contributed by atoms with Crippen LogP contribution >= 0.6 is 0 Å².